The van der Waals surface area contributed by atoms with Crippen LogP contribution in [-0.4, -0.2) is 47.6 Å². The van der Waals surface area contributed by atoms with Gasteiger partial charge in [0.05, 0.1) is 30.0 Å². The number of carbonyl (C=O) groups excluding carboxylic acids is 1. The van der Waals surface area contributed by atoms with Crippen LogP contribution < -0.4 is 10.2 Å². The molecule has 0 spiro atoms. The molecule has 3 unspecified atom stereocenters. The molecule has 2 aliphatic rings. The summed E-state index contributed by atoms with van der Waals surface area (Å²) in [5.41, 5.74) is 4.77. The minimum atomic E-state index is -0.604. The van der Waals surface area contributed by atoms with Crippen molar-refractivity contribution in [2.24, 2.45) is 16.8 Å². The number of aryl methyl sites for hydroxylation is 1. The Morgan fingerprint density at radius 2 is 2.06 bits per heavy atom. The van der Waals surface area contributed by atoms with E-state index in [2.05, 4.69) is 34.3 Å². The first kappa shape index (κ1) is 23.4. The number of carbonyl (C=O) groups is 1. The number of nitrogens with one attached hydrogen (secondary N) is 1. The summed E-state index contributed by atoms with van der Waals surface area (Å²) in [7, 11) is 2.03. The lowest BCUT2D eigenvalue weighted by Gasteiger charge is -2.26. The number of aliphatic imine (C=N–C) groups is 1. The molecule has 1 aliphatic carbocycles. The number of pyridine rings is 1. The monoisotopic (exact) mass is 448 g/mol. The molecular weight excluding hydrogens is 412 g/mol. The first-order chi connectivity index (χ1) is 16.0. The van der Waals surface area contributed by atoms with E-state index in [0.29, 0.717) is 18.9 Å². The molecule has 1 amide bonds. The molecule has 6 nitrogen and oxygen atoms in total. The molecule has 2 aromatic rings. The summed E-state index contributed by atoms with van der Waals surface area (Å²) in [6.45, 7) is 4.70. The van der Waals surface area contributed by atoms with Crippen LogP contribution in [0.15, 0.2) is 47.6 Å². The Hall–Kier alpha value is -2.73. The molecule has 3 atom stereocenters. The molecule has 176 valence electrons. The van der Waals surface area contributed by atoms with E-state index >= 15 is 0 Å². The Kier molecular flexibility index (Phi) is 7.43. The van der Waals surface area contributed by atoms with Gasteiger partial charge in [-0.1, -0.05) is 50.8 Å². The number of likely N-dealkylation sites (N-methyl/N-ethyl adjacent to an activating group) is 1. The predicted molar refractivity (Wildman–Crippen MR) is 133 cm³/mol. The number of amides is 1. The van der Waals surface area contributed by atoms with Crippen molar-refractivity contribution in [1.29, 1.82) is 0 Å². The number of benzene rings is 1. The van der Waals surface area contributed by atoms with E-state index < -0.39 is 12.3 Å². The molecule has 2 heterocycles. The van der Waals surface area contributed by atoms with Crippen LogP contribution in [0.5, 0.6) is 0 Å². The molecule has 4 rings (SSSR count). The number of anilines is 1. The molecule has 1 aromatic heterocycles. The summed E-state index contributed by atoms with van der Waals surface area (Å²) in [6.07, 6.45) is 6.46. The Morgan fingerprint density at radius 3 is 2.79 bits per heavy atom. The summed E-state index contributed by atoms with van der Waals surface area (Å²) in [5, 5.41) is 14.0. The van der Waals surface area contributed by atoms with Gasteiger partial charge in [-0.05, 0) is 49.4 Å². The standard InChI is InChI=1S/C27H36N4O2/c1-4-5-10-24(32)21(16-19-11-12-19)27(33)30-25-17-31(3)23-9-7-6-8-20(23)26(29-25)22-15-18(2)13-14-28-22/h6-9,13-15,19,21,24-25,32H,4-5,10-12,16-17H2,1-3H3,(H,30,33). The van der Waals surface area contributed by atoms with Gasteiger partial charge >= 0.3 is 0 Å². The Balaban J connectivity index is 1.62. The third-order valence-electron chi connectivity index (χ3n) is 6.71. The number of aliphatic hydroxyl groups is 1. The Bertz CT molecular complexity index is 1000. The average molecular weight is 449 g/mol. The second-order valence-corrected chi connectivity index (χ2v) is 9.61. The summed E-state index contributed by atoms with van der Waals surface area (Å²) < 4.78 is 0. The number of fused-ring (bicyclic) bond motifs is 1. The molecule has 1 fully saturated rings. The summed E-state index contributed by atoms with van der Waals surface area (Å²) in [4.78, 5) is 25.1. The number of aliphatic hydroxyl groups excluding tert-OH is 1. The zero-order valence-corrected chi connectivity index (χ0v) is 20.0. The molecule has 0 bridgehead atoms. The summed E-state index contributed by atoms with van der Waals surface area (Å²) >= 11 is 0. The van der Waals surface area contributed by atoms with Crippen molar-refractivity contribution < 1.29 is 9.90 Å². The van der Waals surface area contributed by atoms with Gasteiger partial charge in [0.25, 0.3) is 0 Å². The lowest BCUT2D eigenvalue weighted by Crippen LogP contribution is -2.46. The zero-order valence-electron chi connectivity index (χ0n) is 20.0. The van der Waals surface area contributed by atoms with Gasteiger partial charge in [-0.2, -0.15) is 0 Å². The van der Waals surface area contributed by atoms with Gasteiger partial charge in [-0.15, -0.1) is 0 Å². The number of benzodiazepines with no additional fused rings is 1. The minimum absolute atomic E-state index is 0.0878. The number of hydrogen-bond acceptors (Lipinski definition) is 5. The maximum atomic E-state index is 13.4. The van der Waals surface area contributed by atoms with Gasteiger partial charge in [-0.25, -0.2) is 0 Å². The molecule has 1 aromatic carbocycles. The maximum absolute atomic E-state index is 13.4. The zero-order chi connectivity index (χ0) is 23.4. The van der Waals surface area contributed by atoms with Gasteiger partial charge < -0.3 is 15.3 Å². The number of rotatable bonds is 9. The SMILES string of the molecule is CCCCC(O)C(CC1CC1)C(=O)NC1CN(C)c2ccccc2C(c2cc(C)ccn2)=N1. The van der Waals surface area contributed by atoms with E-state index in [9.17, 15) is 9.90 Å². The highest BCUT2D eigenvalue weighted by Crippen LogP contribution is 2.37. The minimum Gasteiger partial charge on any atom is -0.392 e. The highest BCUT2D eigenvalue weighted by Gasteiger charge is 2.35. The highest BCUT2D eigenvalue weighted by molar-refractivity contribution is 6.15. The second-order valence-electron chi connectivity index (χ2n) is 9.61. The number of para-hydroxylation sites is 1. The molecule has 0 saturated heterocycles. The summed E-state index contributed by atoms with van der Waals surface area (Å²) in [5.74, 6) is 0.0968. The largest absolute Gasteiger partial charge is 0.392 e. The summed E-state index contributed by atoms with van der Waals surface area (Å²) in [6, 6.07) is 12.2. The van der Waals surface area contributed by atoms with Crippen LogP contribution in [0.2, 0.25) is 0 Å². The fraction of sp³-hybridized carbons (Fsp3) is 0.519. The van der Waals surface area contributed by atoms with Crippen LogP contribution in [0.1, 0.15) is 62.3 Å². The van der Waals surface area contributed by atoms with Crippen molar-refractivity contribution in [1.82, 2.24) is 10.3 Å². The number of unbranched alkanes of at least 4 members (excludes halogenated alkanes) is 1. The lowest BCUT2D eigenvalue weighted by atomic mass is 9.91. The van der Waals surface area contributed by atoms with E-state index in [1.807, 2.05) is 38.2 Å². The third-order valence-corrected chi connectivity index (χ3v) is 6.71. The van der Waals surface area contributed by atoms with E-state index in [4.69, 9.17) is 4.99 Å². The normalized spacial score (nSPS) is 19.8. The van der Waals surface area contributed by atoms with Crippen molar-refractivity contribution in [3.05, 3.63) is 59.4 Å². The van der Waals surface area contributed by atoms with Crippen LogP contribution in [0.25, 0.3) is 0 Å². The fourth-order valence-corrected chi connectivity index (χ4v) is 4.62. The van der Waals surface area contributed by atoms with Gasteiger partial charge in [0, 0.05) is 24.5 Å². The topological polar surface area (TPSA) is 77.8 Å². The van der Waals surface area contributed by atoms with Crippen molar-refractivity contribution in [3.63, 3.8) is 0 Å². The van der Waals surface area contributed by atoms with Crippen molar-refractivity contribution in [2.45, 2.75) is 64.6 Å². The predicted octanol–water partition coefficient (Wildman–Crippen LogP) is 4.09. The number of nitrogens with zero attached hydrogens (tertiary/aromatic N) is 3. The van der Waals surface area contributed by atoms with Crippen molar-refractivity contribution in [2.75, 3.05) is 18.5 Å². The molecule has 1 aliphatic heterocycles. The number of aromatic nitrogens is 1. The van der Waals surface area contributed by atoms with Crippen LogP contribution in [-0.2, 0) is 4.79 Å². The van der Waals surface area contributed by atoms with Gasteiger partial charge in [0.15, 0.2) is 0 Å². The van der Waals surface area contributed by atoms with E-state index in [-0.39, 0.29) is 11.8 Å². The average Bonchev–Trinajstić information content (AvgIpc) is 3.64. The Morgan fingerprint density at radius 1 is 1.27 bits per heavy atom. The van der Waals surface area contributed by atoms with Gasteiger partial charge in [0.1, 0.15) is 6.17 Å². The number of hydrogen-bond donors (Lipinski definition) is 2. The molecule has 6 heteroatoms. The Labute approximate surface area is 197 Å². The maximum Gasteiger partial charge on any atom is 0.227 e. The first-order valence-electron chi connectivity index (χ1n) is 12.3. The second kappa shape index (κ2) is 10.5. The van der Waals surface area contributed by atoms with E-state index in [0.717, 1.165) is 60.3 Å². The van der Waals surface area contributed by atoms with Crippen LogP contribution >= 0.6 is 0 Å². The van der Waals surface area contributed by atoms with E-state index in [1.165, 1.54) is 0 Å². The van der Waals surface area contributed by atoms with Crippen LogP contribution in [0.4, 0.5) is 5.69 Å². The van der Waals surface area contributed by atoms with E-state index in [1.54, 1.807) is 6.20 Å². The smallest absolute Gasteiger partial charge is 0.227 e. The molecule has 1 saturated carbocycles. The van der Waals surface area contributed by atoms with Crippen molar-refractivity contribution in [3.8, 4) is 0 Å². The van der Waals surface area contributed by atoms with Crippen molar-refractivity contribution >= 4 is 17.3 Å². The molecule has 0 radical (unpaired) electrons. The fourth-order valence-electron chi connectivity index (χ4n) is 4.62. The van der Waals surface area contributed by atoms with Crippen LogP contribution in [0, 0.1) is 18.8 Å². The highest BCUT2D eigenvalue weighted by atomic mass is 16.3. The van der Waals surface area contributed by atoms with Gasteiger partial charge in [0.2, 0.25) is 5.91 Å². The van der Waals surface area contributed by atoms with Gasteiger partial charge in [-0.3, -0.25) is 14.8 Å². The third kappa shape index (κ3) is 5.80. The molecular formula is C27H36N4O2. The quantitative estimate of drug-likeness (QED) is 0.606. The molecule has 2 N–H and O–H groups in total. The first-order valence-corrected chi connectivity index (χ1v) is 12.3. The molecule has 33 heavy (non-hydrogen) atoms. The van der Waals surface area contributed by atoms with Crippen LogP contribution in [0.3, 0.4) is 0 Å². The lowest BCUT2D eigenvalue weighted by molar-refractivity contribution is -0.129.